The van der Waals surface area contributed by atoms with Gasteiger partial charge in [0.1, 0.15) is 12.7 Å². The smallest absolute Gasteiger partial charge is 0.463 e. The van der Waals surface area contributed by atoms with Gasteiger partial charge in [-0.2, -0.15) is 0 Å². The number of phosphoric acid groups is 1. The van der Waals surface area contributed by atoms with E-state index in [-0.39, 0.29) is 25.7 Å². The zero-order valence-corrected chi connectivity index (χ0v) is 34.9. The molecule has 52 heavy (non-hydrogen) atoms. The molecule has 0 saturated carbocycles. The number of hydrogen-bond acceptors (Lipinski definition) is 7. The third kappa shape index (κ3) is 40.2. The summed E-state index contributed by atoms with van der Waals surface area (Å²) in [7, 11) is -4.40. The van der Waals surface area contributed by atoms with Gasteiger partial charge in [0, 0.05) is 19.4 Å². The first-order valence-corrected chi connectivity index (χ1v) is 23.5. The van der Waals surface area contributed by atoms with E-state index in [2.05, 4.69) is 19.2 Å². The van der Waals surface area contributed by atoms with E-state index < -0.39 is 26.5 Å². The van der Waals surface area contributed by atoms with Crippen LogP contribution in [0, 0.1) is 0 Å². The molecule has 0 aliphatic carbocycles. The number of unbranched alkanes of at least 4 members (excludes halogenated alkanes) is 29. The molecule has 0 rings (SSSR count). The van der Waals surface area contributed by atoms with Crippen molar-refractivity contribution < 1.29 is 37.9 Å². The van der Waals surface area contributed by atoms with Crippen LogP contribution in [-0.4, -0.2) is 54.3 Å². The molecule has 0 aromatic carbocycles. The topological polar surface area (TPSA) is 131 Å². The second kappa shape index (κ2) is 39.7. The summed E-state index contributed by atoms with van der Waals surface area (Å²) in [5, 5.41) is 12.6. The van der Waals surface area contributed by atoms with E-state index in [4.69, 9.17) is 13.8 Å². The fourth-order valence-electron chi connectivity index (χ4n) is 6.44. The molecule has 2 unspecified atom stereocenters. The maximum Gasteiger partial charge on any atom is 0.472 e. The highest BCUT2D eigenvalue weighted by Gasteiger charge is 2.23. The van der Waals surface area contributed by atoms with Crippen LogP contribution in [0.2, 0.25) is 0 Å². The van der Waals surface area contributed by atoms with Crippen LogP contribution in [-0.2, 0) is 27.9 Å². The fraction of sp³-hybridized carbons (Fsp3) is 0.952. The molecule has 0 fully saturated rings. The van der Waals surface area contributed by atoms with Crippen molar-refractivity contribution in [3.05, 3.63) is 0 Å². The highest BCUT2D eigenvalue weighted by Crippen LogP contribution is 2.42. The van der Waals surface area contributed by atoms with Gasteiger partial charge in [-0.1, -0.05) is 200 Å². The summed E-state index contributed by atoms with van der Waals surface area (Å²) in [6.07, 6.45) is 39.3. The van der Waals surface area contributed by atoms with E-state index in [1.807, 2.05) is 0 Å². The number of carbonyl (C=O) groups excluding carboxylic acids is 2. The van der Waals surface area contributed by atoms with Crippen molar-refractivity contribution in [1.29, 1.82) is 0 Å². The van der Waals surface area contributed by atoms with Gasteiger partial charge < -0.3 is 20.1 Å². The number of ether oxygens (including phenoxy) is 1. The Balaban J connectivity index is 3.47. The van der Waals surface area contributed by atoms with E-state index in [1.165, 1.54) is 161 Å². The van der Waals surface area contributed by atoms with Crippen LogP contribution in [0.4, 0.5) is 0 Å². The molecule has 0 aromatic heterocycles. The lowest BCUT2D eigenvalue weighted by Gasteiger charge is -2.15. The van der Waals surface area contributed by atoms with E-state index in [9.17, 15) is 24.2 Å². The van der Waals surface area contributed by atoms with Crippen molar-refractivity contribution >= 4 is 19.7 Å². The number of amides is 1. The summed E-state index contributed by atoms with van der Waals surface area (Å²) in [6.45, 7) is 3.54. The van der Waals surface area contributed by atoms with Crippen LogP contribution < -0.4 is 5.32 Å². The minimum Gasteiger partial charge on any atom is -0.463 e. The first kappa shape index (κ1) is 51.0. The maximum absolute atomic E-state index is 12.0. The molecule has 0 saturated heterocycles. The van der Waals surface area contributed by atoms with Crippen molar-refractivity contribution in [3.8, 4) is 0 Å². The Kier molecular flexibility index (Phi) is 38.9. The number of rotatable bonds is 42. The number of carbonyl (C=O) groups is 2. The summed E-state index contributed by atoms with van der Waals surface area (Å²) in [6, 6.07) is 0. The third-order valence-corrected chi connectivity index (χ3v) is 10.8. The molecule has 1 amide bonds. The predicted molar refractivity (Wildman–Crippen MR) is 215 cm³/mol. The third-order valence-electron chi connectivity index (χ3n) is 9.79. The Morgan fingerprint density at radius 2 is 0.865 bits per heavy atom. The van der Waals surface area contributed by atoms with Crippen molar-refractivity contribution in [2.75, 3.05) is 26.4 Å². The lowest BCUT2D eigenvalue weighted by atomic mass is 10.0. The Morgan fingerprint density at radius 3 is 1.25 bits per heavy atom. The predicted octanol–water partition coefficient (Wildman–Crippen LogP) is 12.1. The Hall–Kier alpha value is -0.990. The van der Waals surface area contributed by atoms with E-state index in [0.29, 0.717) is 12.8 Å². The van der Waals surface area contributed by atoms with Gasteiger partial charge in [0.05, 0.1) is 13.2 Å². The molecule has 2 atom stereocenters. The van der Waals surface area contributed by atoms with Crippen LogP contribution in [0.15, 0.2) is 0 Å². The standard InChI is InChI=1S/C42H84NO8P/c1-3-5-7-9-11-12-13-14-15-16-17-18-19-20-21-22-23-24-25-26-27-29-31-33-35-42(46)49-38-40(44)39-51-52(47,48)50-37-36-43-41(45)34-32-30-28-10-8-6-4-2/h40,44H,3-39H2,1-2H3,(H,43,45)(H,47,48). The average Bonchev–Trinajstić information content (AvgIpc) is 3.13. The molecule has 3 N–H and O–H groups in total. The molecule has 310 valence electrons. The van der Waals surface area contributed by atoms with E-state index in [0.717, 1.165) is 38.5 Å². The van der Waals surface area contributed by atoms with Crippen LogP contribution in [0.25, 0.3) is 0 Å². The van der Waals surface area contributed by atoms with Crippen LogP contribution in [0.5, 0.6) is 0 Å². The van der Waals surface area contributed by atoms with E-state index in [1.54, 1.807) is 0 Å². The van der Waals surface area contributed by atoms with Gasteiger partial charge >= 0.3 is 13.8 Å². The molecule has 0 bridgehead atoms. The number of nitrogens with one attached hydrogen (secondary N) is 1. The molecule has 0 spiro atoms. The highest BCUT2D eigenvalue weighted by atomic mass is 31.2. The van der Waals surface area contributed by atoms with Gasteiger partial charge in [-0.3, -0.25) is 18.6 Å². The number of esters is 1. The van der Waals surface area contributed by atoms with Gasteiger partial charge in [0.15, 0.2) is 0 Å². The first-order chi connectivity index (χ1) is 25.3. The molecule has 0 heterocycles. The van der Waals surface area contributed by atoms with Gasteiger partial charge in [0.25, 0.3) is 0 Å². The lowest BCUT2D eigenvalue weighted by molar-refractivity contribution is -0.147. The van der Waals surface area contributed by atoms with Gasteiger partial charge in [0.2, 0.25) is 5.91 Å². The summed E-state index contributed by atoms with van der Waals surface area (Å²) < 4.78 is 26.8. The zero-order chi connectivity index (χ0) is 38.2. The number of aliphatic hydroxyl groups is 1. The molecule has 0 aromatic rings. The number of phosphoric ester groups is 1. The number of hydrogen-bond donors (Lipinski definition) is 3. The summed E-state index contributed by atoms with van der Waals surface area (Å²) in [5.74, 6) is -0.511. The monoisotopic (exact) mass is 762 g/mol. The lowest BCUT2D eigenvalue weighted by Crippen LogP contribution is -2.27. The van der Waals surface area contributed by atoms with Gasteiger partial charge in [-0.15, -0.1) is 0 Å². The highest BCUT2D eigenvalue weighted by molar-refractivity contribution is 7.47. The Labute approximate surface area is 320 Å². The van der Waals surface area contributed by atoms with Crippen LogP contribution >= 0.6 is 7.82 Å². The molecule has 0 radical (unpaired) electrons. The molecule has 9 nitrogen and oxygen atoms in total. The average molecular weight is 762 g/mol. The Morgan fingerprint density at radius 1 is 0.519 bits per heavy atom. The summed E-state index contributed by atoms with van der Waals surface area (Å²) in [4.78, 5) is 33.7. The van der Waals surface area contributed by atoms with Crippen LogP contribution in [0.3, 0.4) is 0 Å². The van der Waals surface area contributed by atoms with Crippen molar-refractivity contribution in [2.45, 2.75) is 232 Å². The quantitative estimate of drug-likeness (QED) is 0.0318. The molecule has 0 aliphatic rings. The second-order valence-corrected chi connectivity index (χ2v) is 16.5. The van der Waals surface area contributed by atoms with Crippen molar-refractivity contribution in [3.63, 3.8) is 0 Å². The van der Waals surface area contributed by atoms with Crippen molar-refractivity contribution in [2.24, 2.45) is 0 Å². The SMILES string of the molecule is CCCCCCCCCCCCCCCCCCCCCCCCCCC(=O)OCC(O)COP(=O)(O)OCCNC(=O)CCCCCCCCC. The molecular weight excluding hydrogens is 677 g/mol. The van der Waals surface area contributed by atoms with Gasteiger partial charge in [-0.25, -0.2) is 4.57 Å². The minimum absolute atomic E-state index is 0.0863. The Bertz CT molecular complexity index is 830. The fourth-order valence-corrected chi connectivity index (χ4v) is 7.20. The van der Waals surface area contributed by atoms with Crippen LogP contribution in [0.1, 0.15) is 226 Å². The molecular formula is C42H84NO8P. The van der Waals surface area contributed by atoms with E-state index >= 15 is 0 Å². The zero-order valence-electron chi connectivity index (χ0n) is 34.0. The second-order valence-electron chi connectivity index (χ2n) is 15.0. The first-order valence-electron chi connectivity index (χ1n) is 22.0. The summed E-state index contributed by atoms with van der Waals surface area (Å²) >= 11 is 0. The van der Waals surface area contributed by atoms with Gasteiger partial charge in [-0.05, 0) is 12.8 Å². The summed E-state index contributed by atoms with van der Waals surface area (Å²) in [5.41, 5.74) is 0. The van der Waals surface area contributed by atoms with Crippen molar-refractivity contribution in [1.82, 2.24) is 5.32 Å². The largest absolute Gasteiger partial charge is 0.472 e. The molecule has 0 aliphatic heterocycles. The number of aliphatic hydroxyl groups excluding tert-OH is 1. The minimum atomic E-state index is -4.40. The maximum atomic E-state index is 12.0. The normalized spacial score (nSPS) is 13.2. The molecule has 10 heteroatoms.